The molecule has 1 aromatic carbocycles. The second kappa shape index (κ2) is 4.25. The number of carbonyl (C=O) groups excluding carboxylic acids is 1. The Kier molecular flexibility index (Phi) is 2.60. The summed E-state index contributed by atoms with van der Waals surface area (Å²) in [7, 11) is 0. The van der Waals surface area contributed by atoms with Gasteiger partial charge in [-0.15, -0.1) is 0 Å². The Bertz CT molecular complexity index is 447. The van der Waals surface area contributed by atoms with Crippen molar-refractivity contribution in [3.8, 4) is 11.5 Å². The minimum absolute atomic E-state index is 0.000463. The normalized spacial score (nSPS) is 23.1. The maximum absolute atomic E-state index is 11.5. The van der Waals surface area contributed by atoms with Gasteiger partial charge in [0.15, 0.2) is 11.5 Å². The molecule has 1 unspecified atom stereocenters. The molecule has 5 heteroatoms. The van der Waals surface area contributed by atoms with Crippen molar-refractivity contribution in [3.63, 3.8) is 0 Å². The van der Waals surface area contributed by atoms with Crippen molar-refractivity contribution in [2.75, 3.05) is 19.9 Å². The fraction of sp³-hybridized carbons (Fsp3) is 0.417. The van der Waals surface area contributed by atoms with Gasteiger partial charge in [-0.3, -0.25) is 4.79 Å². The van der Waals surface area contributed by atoms with Crippen LogP contribution in [0.4, 0.5) is 0 Å². The SMILES string of the molecule is O=C1CCNCC(c2ccc3c(c2)OCO3)N1. The van der Waals surface area contributed by atoms with Crippen molar-refractivity contribution in [1.82, 2.24) is 10.6 Å². The zero-order valence-electron chi connectivity index (χ0n) is 9.36. The van der Waals surface area contributed by atoms with Crippen LogP contribution in [0.1, 0.15) is 18.0 Å². The van der Waals surface area contributed by atoms with E-state index < -0.39 is 0 Å². The van der Waals surface area contributed by atoms with Crippen molar-refractivity contribution < 1.29 is 14.3 Å². The van der Waals surface area contributed by atoms with E-state index >= 15 is 0 Å². The van der Waals surface area contributed by atoms with Crippen LogP contribution in [0.25, 0.3) is 0 Å². The highest BCUT2D eigenvalue weighted by Crippen LogP contribution is 2.34. The van der Waals surface area contributed by atoms with E-state index in [1.54, 1.807) is 0 Å². The molecule has 3 rings (SSSR count). The zero-order chi connectivity index (χ0) is 11.7. The summed E-state index contributed by atoms with van der Waals surface area (Å²) in [6.07, 6.45) is 0.529. The summed E-state index contributed by atoms with van der Waals surface area (Å²) in [5.74, 6) is 1.60. The van der Waals surface area contributed by atoms with Gasteiger partial charge in [-0.2, -0.15) is 0 Å². The zero-order valence-corrected chi connectivity index (χ0v) is 9.36. The van der Waals surface area contributed by atoms with Gasteiger partial charge in [0.2, 0.25) is 12.7 Å². The molecule has 5 nitrogen and oxygen atoms in total. The van der Waals surface area contributed by atoms with Gasteiger partial charge in [-0.25, -0.2) is 0 Å². The average Bonchev–Trinajstić information content (AvgIpc) is 2.69. The van der Waals surface area contributed by atoms with E-state index in [1.807, 2.05) is 18.2 Å². The second-order valence-corrected chi connectivity index (χ2v) is 4.19. The van der Waals surface area contributed by atoms with Crippen molar-refractivity contribution in [3.05, 3.63) is 23.8 Å². The van der Waals surface area contributed by atoms with Gasteiger partial charge < -0.3 is 20.1 Å². The van der Waals surface area contributed by atoms with E-state index in [4.69, 9.17) is 9.47 Å². The van der Waals surface area contributed by atoms with E-state index in [0.717, 1.165) is 30.2 Å². The van der Waals surface area contributed by atoms with Crippen molar-refractivity contribution in [2.45, 2.75) is 12.5 Å². The fourth-order valence-corrected chi connectivity index (χ4v) is 2.10. The maximum atomic E-state index is 11.5. The predicted molar refractivity (Wildman–Crippen MR) is 60.9 cm³/mol. The van der Waals surface area contributed by atoms with Crippen LogP contribution in [0, 0.1) is 0 Å². The molecule has 2 aliphatic rings. The first-order valence-electron chi connectivity index (χ1n) is 5.72. The third kappa shape index (κ3) is 2.06. The molecule has 2 N–H and O–H groups in total. The first-order valence-corrected chi connectivity index (χ1v) is 5.72. The molecule has 2 aliphatic heterocycles. The number of amides is 1. The van der Waals surface area contributed by atoms with Gasteiger partial charge in [0.1, 0.15) is 0 Å². The van der Waals surface area contributed by atoms with Crippen molar-refractivity contribution in [1.29, 1.82) is 0 Å². The topological polar surface area (TPSA) is 59.6 Å². The van der Waals surface area contributed by atoms with Crippen LogP contribution >= 0.6 is 0 Å². The van der Waals surface area contributed by atoms with Gasteiger partial charge in [0.05, 0.1) is 6.04 Å². The molecule has 0 aromatic heterocycles. The quantitative estimate of drug-likeness (QED) is 0.745. The summed E-state index contributed by atoms with van der Waals surface area (Å²) in [5, 5.41) is 6.23. The van der Waals surface area contributed by atoms with Gasteiger partial charge in [0, 0.05) is 19.5 Å². The molecule has 1 atom stereocenters. The number of ether oxygens (including phenoxy) is 2. The molecule has 2 heterocycles. The monoisotopic (exact) mass is 234 g/mol. The van der Waals surface area contributed by atoms with E-state index in [2.05, 4.69) is 10.6 Å². The Morgan fingerprint density at radius 1 is 1.24 bits per heavy atom. The van der Waals surface area contributed by atoms with Crippen LogP contribution in [-0.4, -0.2) is 25.8 Å². The Labute approximate surface area is 99.1 Å². The predicted octanol–water partition coefficient (Wildman–Crippen LogP) is 0.566. The highest BCUT2D eigenvalue weighted by atomic mass is 16.7. The molecule has 1 aromatic rings. The van der Waals surface area contributed by atoms with Crippen LogP contribution in [0.2, 0.25) is 0 Å². The molecule has 1 amide bonds. The van der Waals surface area contributed by atoms with Gasteiger partial charge in [-0.05, 0) is 17.7 Å². The lowest BCUT2D eigenvalue weighted by atomic mass is 10.1. The molecule has 0 bridgehead atoms. The lowest BCUT2D eigenvalue weighted by molar-refractivity contribution is -0.121. The summed E-state index contributed by atoms with van der Waals surface area (Å²) in [4.78, 5) is 11.5. The van der Waals surface area contributed by atoms with Crippen LogP contribution < -0.4 is 20.1 Å². The molecule has 0 aliphatic carbocycles. The van der Waals surface area contributed by atoms with Crippen molar-refractivity contribution in [2.24, 2.45) is 0 Å². The maximum Gasteiger partial charge on any atom is 0.231 e. The first-order chi connectivity index (χ1) is 8.33. The largest absolute Gasteiger partial charge is 0.454 e. The standard InChI is InChI=1S/C12H14N2O3/c15-12-3-4-13-6-9(14-12)8-1-2-10-11(5-8)17-7-16-10/h1-2,5,9,13H,3-4,6-7H2,(H,14,15). The van der Waals surface area contributed by atoms with E-state index in [0.29, 0.717) is 6.42 Å². The summed E-state index contributed by atoms with van der Waals surface area (Å²) in [5.41, 5.74) is 1.04. The Balaban J connectivity index is 1.85. The summed E-state index contributed by atoms with van der Waals surface area (Å²) >= 11 is 0. The minimum atomic E-state index is -0.000463. The number of nitrogens with one attached hydrogen (secondary N) is 2. The molecular formula is C12H14N2O3. The number of rotatable bonds is 1. The number of carbonyl (C=O) groups is 1. The summed E-state index contributed by atoms with van der Waals surface area (Å²) < 4.78 is 10.6. The summed E-state index contributed by atoms with van der Waals surface area (Å²) in [6, 6.07) is 5.78. The number of hydrogen-bond acceptors (Lipinski definition) is 4. The molecule has 17 heavy (non-hydrogen) atoms. The van der Waals surface area contributed by atoms with Gasteiger partial charge in [0.25, 0.3) is 0 Å². The Hall–Kier alpha value is -1.75. The Morgan fingerprint density at radius 2 is 2.12 bits per heavy atom. The smallest absolute Gasteiger partial charge is 0.231 e. The van der Waals surface area contributed by atoms with E-state index in [9.17, 15) is 4.79 Å². The third-order valence-corrected chi connectivity index (χ3v) is 3.01. The molecule has 0 spiro atoms. The van der Waals surface area contributed by atoms with Crippen molar-refractivity contribution >= 4 is 5.91 Å². The van der Waals surface area contributed by atoms with Crippen LogP contribution in [0.5, 0.6) is 11.5 Å². The molecule has 0 saturated carbocycles. The fourth-order valence-electron chi connectivity index (χ4n) is 2.10. The third-order valence-electron chi connectivity index (χ3n) is 3.01. The number of benzene rings is 1. The van der Waals surface area contributed by atoms with Gasteiger partial charge in [-0.1, -0.05) is 6.07 Å². The molecular weight excluding hydrogens is 220 g/mol. The van der Waals surface area contributed by atoms with Crippen LogP contribution in [0.3, 0.4) is 0 Å². The molecule has 1 saturated heterocycles. The van der Waals surface area contributed by atoms with E-state index in [-0.39, 0.29) is 18.7 Å². The molecule has 1 fully saturated rings. The molecule has 0 radical (unpaired) electrons. The van der Waals surface area contributed by atoms with E-state index in [1.165, 1.54) is 0 Å². The number of fused-ring (bicyclic) bond motifs is 1. The van der Waals surface area contributed by atoms with Gasteiger partial charge >= 0.3 is 0 Å². The van der Waals surface area contributed by atoms with Crippen LogP contribution in [-0.2, 0) is 4.79 Å². The van der Waals surface area contributed by atoms with Crippen LogP contribution in [0.15, 0.2) is 18.2 Å². The minimum Gasteiger partial charge on any atom is -0.454 e. The highest BCUT2D eigenvalue weighted by molar-refractivity contribution is 5.77. The first kappa shape index (κ1) is 10.4. The molecule has 90 valence electrons. The number of hydrogen-bond donors (Lipinski definition) is 2. The lowest BCUT2D eigenvalue weighted by Gasteiger charge is -2.16. The Morgan fingerprint density at radius 3 is 3.06 bits per heavy atom. The highest BCUT2D eigenvalue weighted by Gasteiger charge is 2.20. The second-order valence-electron chi connectivity index (χ2n) is 4.19. The summed E-state index contributed by atoms with van der Waals surface area (Å²) in [6.45, 7) is 1.74. The lowest BCUT2D eigenvalue weighted by Crippen LogP contribution is -2.30. The average molecular weight is 234 g/mol.